The van der Waals surface area contributed by atoms with E-state index in [2.05, 4.69) is 10.2 Å². The van der Waals surface area contributed by atoms with Crippen molar-refractivity contribution in [3.05, 3.63) is 18.2 Å². The molecular weight excluding hydrogens is 378 g/mol. The highest BCUT2D eigenvalue weighted by Crippen LogP contribution is 2.33. The first-order valence-corrected chi connectivity index (χ1v) is 10.4. The number of hydrogen-bond acceptors (Lipinski definition) is 6. The van der Waals surface area contributed by atoms with Gasteiger partial charge in [-0.2, -0.15) is 4.31 Å². The van der Waals surface area contributed by atoms with Crippen LogP contribution in [0.4, 0.5) is 0 Å². The van der Waals surface area contributed by atoms with Crippen LogP contribution in [0.3, 0.4) is 0 Å². The number of rotatable bonds is 3. The Bertz CT molecular complexity index is 717. The number of halogens is 1. The van der Waals surface area contributed by atoms with E-state index in [-0.39, 0.29) is 17.3 Å². The molecule has 2 fully saturated rings. The van der Waals surface area contributed by atoms with Gasteiger partial charge in [-0.05, 0) is 25.1 Å². The largest absolute Gasteiger partial charge is 0.490 e. The summed E-state index contributed by atoms with van der Waals surface area (Å²) in [5.41, 5.74) is 0. The van der Waals surface area contributed by atoms with Crippen LogP contribution in [-0.4, -0.2) is 76.1 Å². The summed E-state index contributed by atoms with van der Waals surface area (Å²) in [6, 6.07) is 5.47. The lowest BCUT2D eigenvalue weighted by atomic mass is 10.2. The van der Waals surface area contributed by atoms with E-state index >= 15 is 0 Å². The molecule has 146 valence electrons. The van der Waals surface area contributed by atoms with Gasteiger partial charge in [0.05, 0.1) is 18.1 Å². The van der Waals surface area contributed by atoms with Gasteiger partial charge >= 0.3 is 0 Å². The van der Waals surface area contributed by atoms with Gasteiger partial charge in [-0.25, -0.2) is 8.42 Å². The summed E-state index contributed by atoms with van der Waals surface area (Å²) in [7, 11) is -3.50. The van der Waals surface area contributed by atoms with Gasteiger partial charge in [0.25, 0.3) is 0 Å². The lowest BCUT2D eigenvalue weighted by Crippen LogP contribution is -2.52. The maximum Gasteiger partial charge on any atom is 0.243 e. The third-order valence-corrected chi connectivity index (χ3v) is 7.08. The van der Waals surface area contributed by atoms with E-state index in [0.29, 0.717) is 43.8 Å². The Labute approximate surface area is 161 Å². The summed E-state index contributed by atoms with van der Waals surface area (Å²) in [5.74, 6) is 1.14. The fraction of sp³-hybridized carbons (Fsp3) is 0.647. The molecule has 4 rings (SSSR count). The zero-order valence-electron chi connectivity index (χ0n) is 14.7. The summed E-state index contributed by atoms with van der Waals surface area (Å²) in [5, 5.41) is 3.37. The minimum absolute atomic E-state index is 0. The fourth-order valence-corrected chi connectivity index (χ4v) is 5.15. The van der Waals surface area contributed by atoms with Gasteiger partial charge < -0.3 is 14.8 Å². The van der Waals surface area contributed by atoms with Crippen molar-refractivity contribution in [2.45, 2.75) is 23.8 Å². The summed E-state index contributed by atoms with van der Waals surface area (Å²) < 4.78 is 38.8. The van der Waals surface area contributed by atoms with Gasteiger partial charge in [0.2, 0.25) is 10.0 Å². The van der Waals surface area contributed by atoms with E-state index < -0.39 is 10.0 Å². The van der Waals surface area contributed by atoms with Crippen molar-refractivity contribution in [2.75, 3.05) is 52.5 Å². The Kier molecular flexibility index (Phi) is 6.29. The minimum atomic E-state index is -3.50. The molecule has 0 saturated carbocycles. The minimum Gasteiger partial charge on any atom is -0.490 e. The van der Waals surface area contributed by atoms with Crippen LogP contribution in [0, 0.1) is 0 Å². The lowest BCUT2D eigenvalue weighted by Gasteiger charge is -2.37. The lowest BCUT2D eigenvalue weighted by molar-refractivity contribution is 0.145. The smallest absolute Gasteiger partial charge is 0.243 e. The molecule has 1 unspecified atom stereocenters. The number of fused-ring (bicyclic) bond motifs is 1. The number of hydrogen-bond donors (Lipinski definition) is 1. The monoisotopic (exact) mass is 403 g/mol. The van der Waals surface area contributed by atoms with Crippen LogP contribution in [0.1, 0.15) is 12.8 Å². The first-order chi connectivity index (χ1) is 12.1. The highest BCUT2D eigenvalue weighted by atomic mass is 35.5. The van der Waals surface area contributed by atoms with Crippen LogP contribution in [0.25, 0.3) is 0 Å². The molecule has 1 N–H and O–H groups in total. The van der Waals surface area contributed by atoms with Crippen LogP contribution in [0.2, 0.25) is 0 Å². The van der Waals surface area contributed by atoms with Gasteiger partial charge in [0, 0.05) is 51.3 Å². The van der Waals surface area contributed by atoms with Crippen LogP contribution < -0.4 is 14.8 Å². The fourth-order valence-electron chi connectivity index (χ4n) is 3.71. The third kappa shape index (κ3) is 3.94. The van der Waals surface area contributed by atoms with Crippen molar-refractivity contribution < 1.29 is 17.9 Å². The molecule has 1 aromatic rings. The number of benzene rings is 1. The van der Waals surface area contributed by atoms with Crippen molar-refractivity contribution in [3.63, 3.8) is 0 Å². The number of piperazine rings is 1. The van der Waals surface area contributed by atoms with Crippen molar-refractivity contribution in [3.8, 4) is 11.5 Å². The molecular formula is C17H26ClN3O4S. The van der Waals surface area contributed by atoms with E-state index in [0.717, 1.165) is 39.0 Å². The number of nitrogens with one attached hydrogen (secondary N) is 1. The van der Waals surface area contributed by atoms with E-state index in [4.69, 9.17) is 9.47 Å². The zero-order chi connectivity index (χ0) is 17.3. The molecule has 0 aliphatic carbocycles. The molecule has 1 atom stereocenters. The van der Waals surface area contributed by atoms with Gasteiger partial charge in [-0.1, -0.05) is 0 Å². The molecule has 1 aromatic carbocycles. The third-order valence-electron chi connectivity index (χ3n) is 5.18. The molecule has 0 aromatic heterocycles. The van der Waals surface area contributed by atoms with Crippen molar-refractivity contribution in [1.82, 2.24) is 14.5 Å². The normalized spacial score (nSPS) is 24.7. The van der Waals surface area contributed by atoms with E-state index in [1.165, 1.54) is 0 Å². The second-order valence-electron chi connectivity index (χ2n) is 6.75. The molecule has 3 aliphatic rings. The van der Waals surface area contributed by atoms with E-state index in [1.807, 2.05) is 0 Å². The Morgan fingerprint density at radius 2 is 1.77 bits per heavy atom. The maximum absolute atomic E-state index is 13.0. The Morgan fingerprint density at radius 3 is 2.46 bits per heavy atom. The predicted octanol–water partition coefficient (Wildman–Crippen LogP) is 0.938. The molecule has 0 amide bonds. The van der Waals surface area contributed by atoms with Crippen molar-refractivity contribution in [1.29, 1.82) is 0 Å². The molecule has 0 spiro atoms. The highest BCUT2D eigenvalue weighted by Gasteiger charge is 2.32. The molecule has 7 nitrogen and oxygen atoms in total. The van der Waals surface area contributed by atoms with Gasteiger partial charge in [-0.15, -0.1) is 12.4 Å². The molecule has 3 aliphatic heterocycles. The standard InChI is InChI=1S/C17H25N3O4S.ClH/c21-25(22,15-2-3-16-17(12-15)24-11-1-10-23-16)20-8-6-19(7-9-20)14-4-5-18-13-14;/h2-3,12,14,18H,1,4-11,13H2;1H. The molecule has 9 heteroatoms. The topological polar surface area (TPSA) is 71.1 Å². The molecule has 0 bridgehead atoms. The zero-order valence-corrected chi connectivity index (χ0v) is 16.4. The quantitative estimate of drug-likeness (QED) is 0.809. The maximum atomic E-state index is 13.0. The second kappa shape index (κ2) is 8.31. The predicted molar refractivity (Wildman–Crippen MR) is 101 cm³/mol. The van der Waals surface area contributed by atoms with Crippen LogP contribution in [0.5, 0.6) is 11.5 Å². The van der Waals surface area contributed by atoms with Crippen molar-refractivity contribution >= 4 is 22.4 Å². The van der Waals surface area contributed by atoms with Crippen LogP contribution in [-0.2, 0) is 10.0 Å². The van der Waals surface area contributed by atoms with Gasteiger partial charge in [0.1, 0.15) is 0 Å². The van der Waals surface area contributed by atoms with Crippen LogP contribution >= 0.6 is 12.4 Å². The van der Waals surface area contributed by atoms with Crippen molar-refractivity contribution in [2.24, 2.45) is 0 Å². The highest BCUT2D eigenvalue weighted by molar-refractivity contribution is 7.89. The number of sulfonamides is 1. The average molecular weight is 404 g/mol. The molecule has 26 heavy (non-hydrogen) atoms. The second-order valence-corrected chi connectivity index (χ2v) is 8.68. The summed E-state index contributed by atoms with van der Waals surface area (Å²) in [4.78, 5) is 2.69. The van der Waals surface area contributed by atoms with E-state index in [9.17, 15) is 8.42 Å². The van der Waals surface area contributed by atoms with Crippen LogP contribution in [0.15, 0.2) is 23.1 Å². The summed E-state index contributed by atoms with van der Waals surface area (Å²) in [6.07, 6.45) is 1.95. The Balaban J connectivity index is 0.00000196. The SMILES string of the molecule is Cl.O=S(=O)(c1ccc2c(c1)OCCCO2)N1CCN(C2CCNC2)CC1. The molecule has 2 saturated heterocycles. The summed E-state index contributed by atoms with van der Waals surface area (Å²) in [6.45, 7) is 5.85. The Morgan fingerprint density at radius 1 is 1.04 bits per heavy atom. The average Bonchev–Trinajstić information content (AvgIpc) is 3.07. The number of ether oxygens (including phenoxy) is 2. The summed E-state index contributed by atoms with van der Waals surface area (Å²) >= 11 is 0. The number of nitrogens with zero attached hydrogens (tertiary/aromatic N) is 2. The van der Waals surface area contributed by atoms with E-state index in [1.54, 1.807) is 22.5 Å². The molecule has 0 radical (unpaired) electrons. The Hall–Kier alpha value is -1.06. The first-order valence-electron chi connectivity index (χ1n) is 8.99. The molecule has 3 heterocycles. The first kappa shape index (κ1) is 19.7. The van der Waals surface area contributed by atoms with Gasteiger partial charge in [-0.3, -0.25) is 4.90 Å². The van der Waals surface area contributed by atoms with Gasteiger partial charge in [0.15, 0.2) is 11.5 Å².